The van der Waals surface area contributed by atoms with Gasteiger partial charge in [0.2, 0.25) is 0 Å². The molecule has 0 heterocycles. The lowest BCUT2D eigenvalue weighted by molar-refractivity contribution is -0.142. The van der Waals surface area contributed by atoms with Crippen molar-refractivity contribution >= 4 is 40.8 Å². The van der Waals surface area contributed by atoms with E-state index in [0.717, 1.165) is 16.7 Å². The summed E-state index contributed by atoms with van der Waals surface area (Å²) < 4.78 is 15.8. The summed E-state index contributed by atoms with van der Waals surface area (Å²) in [5.74, 6) is -0.0247. The highest BCUT2D eigenvalue weighted by atomic mass is 35.5. The Kier molecular flexibility index (Phi) is 8.26. The Morgan fingerprint density at radius 2 is 1.50 bits per heavy atom. The molecule has 7 nitrogen and oxygen atoms in total. The van der Waals surface area contributed by atoms with Crippen LogP contribution in [-0.4, -0.2) is 39.2 Å². The van der Waals surface area contributed by atoms with Crippen molar-refractivity contribution in [1.29, 1.82) is 0 Å². The highest BCUT2D eigenvalue weighted by molar-refractivity contribution is 6.39. The van der Waals surface area contributed by atoms with Gasteiger partial charge in [0.25, 0.3) is 5.91 Å². The monoisotopic (exact) mass is 502 g/mol. The van der Waals surface area contributed by atoms with Crippen molar-refractivity contribution < 1.29 is 23.8 Å². The average Bonchev–Trinajstić information content (AvgIpc) is 2.82. The summed E-state index contributed by atoms with van der Waals surface area (Å²) >= 11 is 12.3. The van der Waals surface area contributed by atoms with Gasteiger partial charge >= 0.3 is 5.97 Å². The molecule has 0 spiro atoms. The number of hydrogen-bond acceptors (Lipinski definition) is 6. The van der Waals surface area contributed by atoms with Gasteiger partial charge in [-0.1, -0.05) is 53.5 Å². The Balaban J connectivity index is 1.86. The van der Waals surface area contributed by atoms with Gasteiger partial charge in [-0.3, -0.25) is 4.79 Å². The first-order valence-corrected chi connectivity index (χ1v) is 11.0. The molecule has 0 saturated heterocycles. The van der Waals surface area contributed by atoms with Crippen molar-refractivity contribution in [2.75, 3.05) is 27.1 Å². The van der Waals surface area contributed by atoms with E-state index in [0.29, 0.717) is 17.2 Å². The summed E-state index contributed by atoms with van der Waals surface area (Å²) in [6.07, 6.45) is 0.191. The quantitative estimate of drug-likeness (QED) is 0.339. The van der Waals surface area contributed by atoms with Crippen LogP contribution in [0.15, 0.2) is 54.6 Å². The van der Waals surface area contributed by atoms with Gasteiger partial charge in [-0.25, -0.2) is 4.79 Å². The minimum absolute atomic E-state index is 0.0950. The number of esters is 1. The van der Waals surface area contributed by atoms with Crippen LogP contribution in [-0.2, 0) is 16.0 Å². The lowest BCUT2D eigenvalue weighted by Gasteiger charge is -2.18. The van der Waals surface area contributed by atoms with Crippen molar-refractivity contribution in [3.05, 3.63) is 75.8 Å². The number of methoxy groups -OCH3 is 3. The molecule has 0 saturated carbocycles. The normalized spacial score (nSPS) is 11.4. The topological polar surface area (TPSA) is 99.9 Å². The molecule has 3 rings (SSSR count). The number of nitrogens with one attached hydrogen (secondary N) is 1. The third kappa shape index (κ3) is 5.55. The molecule has 1 amide bonds. The fraction of sp³-hybridized carbons (Fsp3) is 0.200. The predicted octanol–water partition coefficient (Wildman–Crippen LogP) is 4.77. The van der Waals surface area contributed by atoms with Crippen LogP contribution in [0.25, 0.3) is 11.1 Å². The molecule has 9 heteroatoms. The molecular formula is C25H24Cl2N2O5. The molecule has 0 unspecified atom stereocenters. The van der Waals surface area contributed by atoms with E-state index in [1.165, 1.54) is 7.11 Å². The number of ether oxygens (including phenoxy) is 3. The molecule has 178 valence electrons. The van der Waals surface area contributed by atoms with Gasteiger partial charge in [-0.05, 0) is 23.3 Å². The van der Waals surface area contributed by atoms with E-state index in [1.54, 1.807) is 44.6 Å². The lowest BCUT2D eigenvalue weighted by Crippen LogP contribution is -2.43. The summed E-state index contributed by atoms with van der Waals surface area (Å²) in [5, 5.41) is 3.04. The van der Waals surface area contributed by atoms with Gasteiger partial charge in [0.15, 0.2) is 0 Å². The number of rotatable bonds is 8. The molecular weight excluding hydrogens is 479 g/mol. The van der Waals surface area contributed by atoms with Crippen molar-refractivity contribution in [1.82, 2.24) is 5.32 Å². The Hall–Kier alpha value is -3.42. The van der Waals surface area contributed by atoms with Crippen LogP contribution in [0.4, 0.5) is 5.69 Å². The summed E-state index contributed by atoms with van der Waals surface area (Å²) in [6.45, 7) is 0. The van der Waals surface area contributed by atoms with E-state index in [2.05, 4.69) is 5.32 Å². The Morgan fingerprint density at radius 3 is 2.00 bits per heavy atom. The van der Waals surface area contributed by atoms with E-state index < -0.39 is 17.9 Å². The third-order valence-electron chi connectivity index (χ3n) is 5.19. The number of hydrogen-bond donors (Lipinski definition) is 2. The van der Waals surface area contributed by atoms with E-state index in [-0.39, 0.29) is 22.0 Å². The van der Waals surface area contributed by atoms with Crippen LogP contribution in [0.3, 0.4) is 0 Å². The maximum atomic E-state index is 12.8. The highest BCUT2D eigenvalue weighted by Crippen LogP contribution is 2.40. The zero-order valence-corrected chi connectivity index (χ0v) is 20.4. The summed E-state index contributed by atoms with van der Waals surface area (Å²) in [4.78, 5) is 25.2. The van der Waals surface area contributed by atoms with Crippen LogP contribution in [0.2, 0.25) is 10.0 Å². The first-order valence-electron chi connectivity index (χ1n) is 10.2. The molecule has 3 aromatic carbocycles. The highest BCUT2D eigenvalue weighted by Gasteiger charge is 2.25. The number of benzene rings is 3. The Morgan fingerprint density at radius 1 is 0.941 bits per heavy atom. The molecule has 34 heavy (non-hydrogen) atoms. The molecule has 0 fully saturated rings. The SMILES string of the molecule is COC(=O)[C@H](Cc1ccc(-c2c(OC)cc(N)cc2OC)cc1)NC(=O)c1c(Cl)cccc1Cl. The number of amides is 1. The van der Waals surface area contributed by atoms with Gasteiger partial charge in [-0.15, -0.1) is 0 Å². The van der Waals surface area contributed by atoms with Gasteiger partial charge in [0, 0.05) is 24.2 Å². The average molecular weight is 503 g/mol. The van der Waals surface area contributed by atoms with Gasteiger partial charge in [-0.2, -0.15) is 0 Å². The molecule has 0 aliphatic heterocycles. The molecule has 0 aliphatic carbocycles. The van der Waals surface area contributed by atoms with Crippen molar-refractivity contribution in [2.45, 2.75) is 12.5 Å². The zero-order chi connectivity index (χ0) is 24.8. The maximum Gasteiger partial charge on any atom is 0.328 e. The van der Waals surface area contributed by atoms with E-state index in [4.69, 9.17) is 43.1 Å². The van der Waals surface area contributed by atoms with Gasteiger partial charge in [0.05, 0.1) is 42.5 Å². The smallest absolute Gasteiger partial charge is 0.328 e. The molecule has 0 bridgehead atoms. The fourth-order valence-corrected chi connectivity index (χ4v) is 4.11. The second kappa shape index (κ2) is 11.1. The maximum absolute atomic E-state index is 12.8. The fourth-order valence-electron chi connectivity index (χ4n) is 3.54. The van der Waals surface area contributed by atoms with Crippen LogP contribution >= 0.6 is 23.2 Å². The number of anilines is 1. The first-order chi connectivity index (χ1) is 16.3. The van der Waals surface area contributed by atoms with Gasteiger partial charge < -0.3 is 25.3 Å². The summed E-state index contributed by atoms with van der Waals surface area (Å²) in [5.41, 5.74) is 8.91. The first kappa shape index (κ1) is 25.2. The molecule has 0 aromatic heterocycles. The molecule has 0 aliphatic rings. The summed E-state index contributed by atoms with van der Waals surface area (Å²) in [6, 6.07) is 14.6. The number of carbonyl (C=O) groups excluding carboxylic acids is 2. The van der Waals surface area contributed by atoms with Crippen LogP contribution in [0, 0.1) is 0 Å². The molecule has 1 atom stereocenters. The molecule has 3 aromatic rings. The predicted molar refractivity (Wildman–Crippen MR) is 133 cm³/mol. The molecule has 3 N–H and O–H groups in total. The van der Waals surface area contributed by atoms with Crippen molar-refractivity contribution in [3.8, 4) is 22.6 Å². The van der Waals surface area contributed by atoms with Gasteiger partial charge in [0.1, 0.15) is 17.5 Å². The van der Waals surface area contributed by atoms with E-state index in [9.17, 15) is 9.59 Å². The number of carbonyl (C=O) groups is 2. The zero-order valence-electron chi connectivity index (χ0n) is 18.9. The van der Waals surface area contributed by atoms with Crippen LogP contribution < -0.4 is 20.5 Å². The van der Waals surface area contributed by atoms with Crippen LogP contribution in [0.1, 0.15) is 15.9 Å². The minimum atomic E-state index is -0.948. The molecule has 0 radical (unpaired) electrons. The Labute approximate surface area is 207 Å². The third-order valence-corrected chi connectivity index (χ3v) is 5.82. The van der Waals surface area contributed by atoms with Crippen molar-refractivity contribution in [2.24, 2.45) is 0 Å². The lowest BCUT2D eigenvalue weighted by atomic mass is 9.98. The van der Waals surface area contributed by atoms with Crippen LogP contribution in [0.5, 0.6) is 11.5 Å². The van der Waals surface area contributed by atoms with E-state index in [1.807, 2.05) is 24.3 Å². The van der Waals surface area contributed by atoms with Crippen molar-refractivity contribution in [3.63, 3.8) is 0 Å². The second-order valence-electron chi connectivity index (χ2n) is 7.35. The number of nitrogens with two attached hydrogens (primary N) is 1. The number of halogens is 2. The minimum Gasteiger partial charge on any atom is -0.496 e. The van der Waals surface area contributed by atoms with E-state index >= 15 is 0 Å². The standard InChI is InChI=1S/C25H24Cl2N2O5/c1-32-20-12-16(28)13-21(33-2)22(20)15-9-7-14(8-10-15)11-19(25(31)34-3)29-24(30)23-17(26)5-4-6-18(23)27/h4-10,12-13,19H,11,28H2,1-3H3,(H,29,30)/t19-/m0/s1. The summed E-state index contributed by atoms with van der Waals surface area (Å²) in [7, 11) is 4.37. The Bertz CT molecular complexity index is 1150. The second-order valence-corrected chi connectivity index (χ2v) is 8.16. The largest absolute Gasteiger partial charge is 0.496 e. The number of nitrogen functional groups attached to an aromatic ring is 1.